The van der Waals surface area contributed by atoms with E-state index in [1.54, 1.807) is 31.3 Å². The third-order valence-electron chi connectivity index (χ3n) is 6.92. The summed E-state index contributed by atoms with van der Waals surface area (Å²) in [4.78, 5) is 37.8. The second-order valence-corrected chi connectivity index (χ2v) is 9.19. The molecule has 4 aromatic rings. The van der Waals surface area contributed by atoms with Crippen LogP contribution < -0.4 is 19.8 Å². The fourth-order valence-electron chi connectivity index (χ4n) is 4.91. The summed E-state index contributed by atoms with van der Waals surface area (Å²) < 4.78 is 22.5. The molecule has 0 aliphatic carbocycles. The highest BCUT2D eigenvalue weighted by Crippen LogP contribution is 2.39. The van der Waals surface area contributed by atoms with Crippen molar-refractivity contribution >= 4 is 22.6 Å². The van der Waals surface area contributed by atoms with Crippen molar-refractivity contribution in [3.63, 3.8) is 0 Å². The fraction of sp³-hybridized carbons (Fsp3) is 0.241. The lowest BCUT2D eigenvalue weighted by Gasteiger charge is -2.37. The van der Waals surface area contributed by atoms with Gasteiger partial charge < -0.3 is 23.5 Å². The molecular formula is C29H26N2O8. The molecule has 2 heterocycles. The Morgan fingerprint density at radius 1 is 1.05 bits per heavy atom. The predicted molar refractivity (Wildman–Crippen MR) is 143 cm³/mol. The van der Waals surface area contributed by atoms with Crippen LogP contribution in [0.15, 0.2) is 69.9 Å². The van der Waals surface area contributed by atoms with Crippen molar-refractivity contribution in [2.45, 2.75) is 19.4 Å². The number of ether oxygens (including phenoxy) is 3. The predicted octanol–water partition coefficient (Wildman–Crippen LogP) is 4.85. The SMILES string of the molecule is COc1cc2c(cc1OC)[C@@H](COc1ccc3c(C)cc(=O)oc3c1)N(C(=O)c1ccc([N+](=O)[O-])cc1)CC2. The average Bonchev–Trinajstić information content (AvgIpc) is 2.94. The van der Waals surface area contributed by atoms with E-state index in [0.29, 0.717) is 41.4 Å². The summed E-state index contributed by atoms with van der Waals surface area (Å²) in [6.07, 6.45) is 0.575. The number of hydrogen-bond donors (Lipinski definition) is 0. The van der Waals surface area contributed by atoms with Crippen molar-refractivity contribution in [1.29, 1.82) is 0 Å². The van der Waals surface area contributed by atoms with Crippen LogP contribution in [0.3, 0.4) is 0 Å². The van der Waals surface area contributed by atoms with Gasteiger partial charge in [0.1, 0.15) is 17.9 Å². The van der Waals surface area contributed by atoms with Gasteiger partial charge in [-0.3, -0.25) is 14.9 Å². The number of nitro benzene ring substituents is 1. The number of fused-ring (bicyclic) bond motifs is 2. The number of rotatable bonds is 7. The van der Waals surface area contributed by atoms with E-state index in [9.17, 15) is 19.7 Å². The molecule has 0 saturated carbocycles. The molecule has 3 aromatic carbocycles. The zero-order valence-corrected chi connectivity index (χ0v) is 21.6. The minimum absolute atomic E-state index is 0.0922. The molecule has 0 spiro atoms. The number of carbonyl (C=O) groups is 1. The number of non-ortho nitro benzene ring substituents is 1. The van der Waals surface area contributed by atoms with E-state index in [1.165, 1.54) is 30.3 Å². The molecule has 1 amide bonds. The lowest BCUT2D eigenvalue weighted by Crippen LogP contribution is -2.42. The number of nitro groups is 1. The van der Waals surface area contributed by atoms with Crippen LogP contribution in [-0.4, -0.2) is 43.1 Å². The zero-order chi connectivity index (χ0) is 27.7. The molecule has 10 heteroatoms. The molecule has 0 bridgehead atoms. The lowest BCUT2D eigenvalue weighted by molar-refractivity contribution is -0.384. The molecule has 0 unspecified atom stereocenters. The Hall–Kier alpha value is -4.86. The summed E-state index contributed by atoms with van der Waals surface area (Å²) in [5.74, 6) is 1.31. The number of benzene rings is 3. The number of methoxy groups -OCH3 is 2. The van der Waals surface area contributed by atoms with E-state index in [2.05, 4.69) is 0 Å². The van der Waals surface area contributed by atoms with Gasteiger partial charge in [-0.1, -0.05) is 0 Å². The van der Waals surface area contributed by atoms with Gasteiger partial charge in [-0.15, -0.1) is 0 Å². The van der Waals surface area contributed by atoms with Crippen LogP contribution in [0.4, 0.5) is 5.69 Å². The first-order valence-corrected chi connectivity index (χ1v) is 12.3. The van der Waals surface area contributed by atoms with Crippen molar-refractivity contribution < 1.29 is 28.3 Å². The molecule has 200 valence electrons. The van der Waals surface area contributed by atoms with Gasteiger partial charge in [0.05, 0.1) is 25.2 Å². The molecule has 1 aromatic heterocycles. The van der Waals surface area contributed by atoms with Crippen molar-refractivity contribution in [1.82, 2.24) is 4.90 Å². The standard InChI is InChI=1S/C29H26N2O8/c1-17-12-28(32)39-25-14-21(8-9-22(17)25)38-16-24-23-15-27(37-3)26(36-2)13-19(23)10-11-30(24)29(33)18-4-6-20(7-5-18)31(34)35/h4-9,12-15,24H,10-11,16H2,1-3H3/t24-/m1/s1. The third kappa shape index (κ3) is 5.00. The molecule has 1 aliphatic heterocycles. The van der Waals surface area contributed by atoms with Crippen LogP contribution in [-0.2, 0) is 6.42 Å². The minimum atomic E-state index is -0.505. The summed E-state index contributed by atoms with van der Waals surface area (Å²) in [6.45, 7) is 2.34. The average molecular weight is 531 g/mol. The highest BCUT2D eigenvalue weighted by Gasteiger charge is 2.33. The van der Waals surface area contributed by atoms with Gasteiger partial charge in [0.25, 0.3) is 11.6 Å². The zero-order valence-electron chi connectivity index (χ0n) is 21.6. The molecule has 0 saturated heterocycles. The summed E-state index contributed by atoms with van der Waals surface area (Å²) in [5.41, 5.74) is 2.84. The number of aryl methyl sites for hydroxylation is 1. The van der Waals surface area contributed by atoms with Crippen LogP contribution in [0.1, 0.15) is 33.1 Å². The second kappa shape index (κ2) is 10.5. The molecule has 5 rings (SSSR count). The van der Waals surface area contributed by atoms with Gasteiger partial charge in [-0.25, -0.2) is 4.79 Å². The van der Waals surface area contributed by atoms with Crippen LogP contribution in [0, 0.1) is 17.0 Å². The Labute approximate surface area is 223 Å². The molecule has 1 aliphatic rings. The fourth-order valence-corrected chi connectivity index (χ4v) is 4.91. The van der Waals surface area contributed by atoms with E-state index in [-0.39, 0.29) is 18.2 Å². The maximum absolute atomic E-state index is 13.6. The number of hydrogen-bond acceptors (Lipinski definition) is 8. The first-order chi connectivity index (χ1) is 18.8. The van der Waals surface area contributed by atoms with Gasteiger partial charge >= 0.3 is 5.63 Å². The minimum Gasteiger partial charge on any atom is -0.493 e. The Morgan fingerprint density at radius 2 is 1.77 bits per heavy atom. The Balaban J connectivity index is 1.50. The highest BCUT2D eigenvalue weighted by molar-refractivity contribution is 5.95. The molecule has 0 fully saturated rings. The van der Waals surface area contributed by atoms with E-state index in [4.69, 9.17) is 18.6 Å². The molecule has 0 N–H and O–H groups in total. The summed E-state index contributed by atoms with van der Waals surface area (Å²) in [5, 5.41) is 11.9. The summed E-state index contributed by atoms with van der Waals surface area (Å²) in [6, 6.07) is 15.5. The molecule has 39 heavy (non-hydrogen) atoms. The summed E-state index contributed by atoms with van der Waals surface area (Å²) >= 11 is 0. The maximum Gasteiger partial charge on any atom is 0.336 e. The largest absolute Gasteiger partial charge is 0.493 e. The Bertz CT molecular complexity index is 1630. The Kier molecular flexibility index (Phi) is 6.93. The molecule has 10 nitrogen and oxygen atoms in total. The van der Waals surface area contributed by atoms with Gasteiger partial charge in [0, 0.05) is 41.8 Å². The van der Waals surface area contributed by atoms with Crippen LogP contribution in [0.2, 0.25) is 0 Å². The highest BCUT2D eigenvalue weighted by atomic mass is 16.6. The van der Waals surface area contributed by atoms with Crippen molar-refractivity contribution in [3.05, 3.63) is 103 Å². The van der Waals surface area contributed by atoms with Gasteiger partial charge in [0.15, 0.2) is 11.5 Å². The van der Waals surface area contributed by atoms with Gasteiger partial charge in [0.2, 0.25) is 0 Å². The smallest absolute Gasteiger partial charge is 0.336 e. The summed E-state index contributed by atoms with van der Waals surface area (Å²) in [7, 11) is 3.11. The van der Waals surface area contributed by atoms with E-state index >= 15 is 0 Å². The Morgan fingerprint density at radius 3 is 2.46 bits per heavy atom. The maximum atomic E-state index is 13.6. The number of amides is 1. The first-order valence-electron chi connectivity index (χ1n) is 12.3. The van der Waals surface area contributed by atoms with E-state index in [1.807, 2.05) is 25.1 Å². The number of nitrogens with zero attached hydrogens (tertiary/aromatic N) is 2. The van der Waals surface area contributed by atoms with E-state index < -0.39 is 16.6 Å². The monoisotopic (exact) mass is 530 g/mol. The normalized spacial score (nSPS) is 14.5. The van der Waals surface area contributed by atoms with Crippen LogP contribution >= 0.6 is 0 Å². The van der Waals surface area contributed by atoms with Crippen molar-refractivity contribution in [2.24, 2.45) is 0 Å². The lowest BCUT2D eigenvalue weighted by atomic mass is 9.91. The molecule has 0 radical (unpaired) electrons. The topological polar surface area (TPSA) is 121 Å². The van der Waals surface area contributed by atoms with Crippen molar-refractivity contribution in [3.8, 4) is 17.2 Å². The second-order valence-electron chi connectivity index (χ2n) is 9.19. The number of carbonyl (C=O) groups excluding carboxylic acids is 1. The molecular weight excluding hydrogens is 504 g/mol. The van der Waals surface area contributed by atoms with Crippen molar-refractivity contribution in [2.75, 3.05) is 27.4 Å². The van der Waals surface area contributed by atoms with Gasteiger partial charge in [-0.2, -0.15) is 0 Å². The van der Waals surface area contributed by atoms with Crippen LogP contribution in [0.25, 0.3) is 11.0 Å². The quantitative estimate of drug-likeness (QED) is 0.189. The van der Waals surface area contributed by atoms with E-state index in [0.717, 1.165) is 22.1 Å². The first kappa shape index (κ1) is 25.8. The van der Waals surface area contributed by atoms with Gasteiger partial charge in [-0.05, 0) is 66.4 Å². The van der Waals surface area contributed by atoms with Crippen LogP contribution in [0.5, 0.6) is 17.2 Å². The third-order valence-corrected chi connectivity index (χ3v) is 6.92. The molecule has 1 atom stereocenters.